The average molecular weight is 694 g/mol. The second-order valence-corrected chi connectivity index (χ2v) is 16.0. The zero-order valence-corrected chi connectivity index (χ0v) is 30.9. The van der Waals surface area contributed by atoms with Gasteiger partial charge >= 0.3 is 0 Å². The van der Waals surface area contributed by atoms with Crippen LogP contribution >= 0.6 is 0 Å². The Labute approximate surface area is 315 Å². The van der Waals surface area contributed by atoms with E-state index in [1.165, 1.54) is 72.2 Å². The minimum atomic E-state index is -0.142. The van der Waals surface area contributed by atoms with Crippen LogP contribution in [0.2, 0.25) is 0 Å². The molecule has 0 bridgehead atoms. The minimum Gasteiger partial charge on any atom is -0.455 e. The lowest BCUT2D eigenvalue weighted by Crippen LogP contribution is -2.17. The molecule has 54 heavy (non-hydrogen) atoms. The van der Waals surface area contributed by atoms with E-state index in [0.29, 0.717) is 0 Å². The van der Waals surface area contributed by atoms with Gasteiger partial charge in [-0.25, -0.2) is 0 Å². The van der Waals surface area contributed by atoms with E-state index in [1.54, 1.807) is 0 Å². The van der Waals surface area contributed by atoms with E-state index in [4.69, 9.17) is 4.42 Å². The number of hydrogen-bond donors (Lipinski definition) is 0. The molecular formula is C52H39NO. The first-order chi connectivity index (χ1) is 26.3. The molecule has 8 aromatic carbocycles. The molecule has 0 fully saturated rings. The molecule has 0 aliphatic heterocycles. The van der Waals surface area contributed by atoms with E-state index in [-0.39, 0.29) is 10.8 Å². The highest BCUT2D eigenvalue weighted by Gasteiger charge is 2.41. The Morgan fingerprint density at radius 1 is 0.389 bits per heavy atom. The lowest BCUT2D eigenvalue weighted by molar-refractivity contribution is 0.660. The average Bonchev–Trinajstić information content (AvgIpc) is 3.79. The van der Waals surface area contributed by atoms with Crippen LogP contribution in [0.25, 0.3) is 66.1 Å². The van der Waals surface area contributed by atoms with Crippen LogP contribution in [0.1, 0.15) is 49.9 Å². The smallest absolute Gasteiger partial charge is 0.145 e. The van der Waals surface area contributed by atoms with E-state index in [1.807, 2.05) is 0 Å². The van der Waals surface area contributed by atoms with Gasteiger partial charge in [0.15, 0.2) is 0 Å². The zero-order valence-electron chi connectivity index (χ0n) is 30.9. The van der Waals surface area contributed by atoms with Gasteiger partial charge < -0.3 is 9.32 Å². The summed E-state index contributed by atoms with van der Waals surface area (Å²) in [7, 11) is 0. The maximum absolute atomic E-state index is 6.99. The van der Waals surface area contributed by atoms with Gasteiger partial charge in [-0.15, -0.1) is 0 Å². The molecule has 0 radical (unpaired) electrons. The summed E-state index contributed by atoms with van der Waals surface area (Å²) in [6.45, 7) is 9.47. The molecule has 9 aromatic rings. The fourth-order valence-corrected chi connectivity index (χ4v) is 9.90. The van der Waals surface area contributed by atoms with Crippen molar-refractivity contribution in [2.24, 2.45) is 0 Å². The highest BCUT2D eigenvalue weighted by molar-refractivity contribution is 6.19. The lowest BCUT2D eigenvalue weighted by atomic mass is 9.82. The number of para-hydroxylation sites is 1. The Balaban J connectivity index is 1.29. The Bertz CT molecular complexity index is 2900. The maximum Gasteiger partial charge on any atom is 0.145 e. The topological polar surface area (TPSA) is 16.4 Å². The Morgan fingerprint density at radius 3 is 1.56 bits per heavy atom. The van der Waals surface area contributed by atoms with E-state index in [0.717, 1.165) is 33.2 Å². The van der Waals surface area contributed by atoms with Crippen molar-refractivity contribution >= 4 is 49.8 Å². The highest BCUT2D eigenvalue weighted by Crippen LogP contribution is 2.59. The van der Waals surface area contributed by atoms with Gasteiger partial charge in [-0.05, 0) is 80.0 Å². The number of rotatable bonds is 4. The molecule has 0 amide bonds. The molecule has 2 nitrogen and oxygen atoms in total. The second kappa shape index (κ2) is 11.1. The predicted octanol–water partition coefficient (Wildman–Crippen LogP) is 14.5. The van der Waals surface area contributed by atoms with E-state index in [9.17, 15) is 0 Å². The predicted molar refractivity (Wildman–Crippen MR) is 226 cm³/mol. The Hall–Kier alpha value is -6.38. The molecule has 2 heteroatoms. The van der Waals surface area contributed by atoms with E-state index < -0.39 is 0 Å². The molecule has 1 heterocycles. The number of fused-ring (bicyclic) bond motifs is 10. The van der Waals surface area contributed by atoms with Crippen molar-refractivity contribution < 1.29 is 4.42 Å². The van der Waals surface area contributed by atoms with E-state index in [2.05, 4.69) is 196 Å². The van der Waals surface area contributed by atoms with Gasteiger partial charge in [-0.2, -0.15) is 0 Å². The van der Waals surface area contributed by atoms with Gasteiger partial charge in [0, 0.05) is 32.9 Å². The van der Waals surface area contributed by atoms with Crippen molar-refractivity contribution in [3.63, 3.8) is 0 Å². The molecule has 0 N–H and O–H groups in total. The molecule has 1 aromatic heterocycles. The summed E-state index contributed by atoms with van der Waals surface area (Å²) in [6, 6.07) is 60.2. The van der Waals surface area contributed by atoms with Gasteiger partial charge in [0.1, 0.15) is 11.2 Å². The van der Waals surface area contributed by atoms with E-state index >= 15 is 0 Å². The quantitative estimate of drug-likeness (QED) is 0.182. The Kier molecular flexibility index (Phi) is 6.39. The SMILES string of the molecule is CC1(C)c2ccccc2-c2c(N(c3cccc4c3-c3ccccc3C4(C)C)c3ccc(-c4cccc5ccccc45)c4oc5ccccc5c34)cccc21. The molecular weight excluding hydrogens is 655 g/mol. The van der Waals surface area contributed by atoms with Crippen LogP contribution < -0.4 is 4.90 Å². The van der Waals surface area contributed by atoms with Crippen molar-refractivity contribution in [1.82, 2.24) is 0 Å². The van der Waals surface area contributed by atoms with Crippen LogP contribution in [0.5, 0.6) is 0 Å². The number of furan rings is 1. The second-order valence-electron chi connectivity index (χ2n) is 16.0. The van der Waals surface area contributed by atoms with Gasteiger partial charge in [0.2, 0.25) is 0 Å². The van der Waals surface area contributed by atoms with Crippen molar-refractivity contribution in [1.29, 1.82) is 0 Å². The number of nitrogens with zero attached hydrogens (tertiary/aromatic N) is 1. The highest BCUT2D eigenvalue weighted by atomic mass is 16.3. The van der Waals surface area contributed by atoms with Gasteiger partial charge in [-0.3, -0.25) is 0 Å². The normalized spacial score (nSPS) is 14.6. The molecule has 11 rings (SSSR count). The Morgan fingerprint density at radius 2 is 0.889 bits per heavy atom. The summed E-state index contributed by atoms with van der Waals surface area (Å²) in [5.41, 5.74) is 17.8. The van der Waals surface area contributed by atoms with Crippen LogP contribution in [-0.4, -0.2) is 0 Å². The fourth-order valence-electron chi connectivity index (χ4n) is 9.90. The molecule has 258 valence electrons. The van der Waals surface area contributed by atoms with Crippen LogP contribution in [0.4, 0.5) is 17.1 Å². The minimum absolute atomic E-state index is 0.142. The first-order valence-electron chi connectivity index (χ1n) is 19.0. The zero-order chi connectivity index (χ0) is 36.3. The van der Waals surface area contributed by atoms with Gasteiger partial charge in [0.25, 0.3) is 0 Å². The summed E-state index contributed by atoms with van der Waals surface area (Å²) in [5.74, 6) is 0. The first kappa shape index (κ1) is 31.2. The van der Waals surface area contributed by atoms with Crippen molar-refractivity contribution in [2.45, 2.75) is 38.5 Å². The summed E-state index contributed by atoms with van der Waals surface area (Å²) in [6.07, 6.45) is 0. The third kappa shape index (κ3) is 4.11. The van der Waals surface area contributed by atoms with Crippen molar-refractivity contribution in [3.8, 4) is 33.4 Å². The lowest BCUT2D eigenvalue weighted by Gasteiger charge is -2.32. The van der Waals surface area contributed by atoms with Crippen molar-refractivity contribution in [3.05, 3.63) is 186 Å². The first-order valence-corrected chi connectivity index (χ1v) is 19.0. The molecule has 2 aliphatic rings. The summed E-state index contributed by atoms with van der Waals surface area (Å²) in [4.78, 5) is 2.56. The number of benzene rings is 8. The van der Waals surface area contributed by atoms with Gasteiger partial charge in [0.05, 0.1) is 22.4 Å². The third-order valence-corrected chi connectivity index (χ3v) is 12.5. The standard InChI is InChI=1S/C52H39NO/c1-51(2)39-23-10-7-19-36(39)47-41(51)25-14-27-43(47)53(44-28-15-26-42-48(44)37-20-8-11-24-40(37)52(42,3)4)45-31-30-35(34-22-13-17-32-16-5-6-18-33(32)34)50-49(45)38-21-9-12-29-46(38)54-50/h5-31H,1-4H3. The van der Waals surface area contributed by atoms with Crippen LogP contribution in [0.3, 0.4) is 0 Å². The summed E-state index contributed by atoms with van der Waals surface area (Å²) >= 11 is 0. The summed E-state index contributed by atoms with van der Waals surface area (Å²) in [5, 5.41) is 4.65. The van der Waals surface area contributed by atoms with Crippen LogP contribution in [0, 0.1) is 0 Å². The fraction of sp³-hybridized carbons (Fsp3) is 0.115. The van der Waals surface area contributed by atoms with Crippen LogP contribution in [-0.2, 0) is 10.8 Å². The molecule has 0 saturated heterocycles. The molecule has 2 aliphatic carbocycles. The molecule has 0 atom stereocenters. The van der Waals surface area contributed by atoms with Crippen LogP contribution in [0.15, 0.2) is 168 Å². The van der Waals surface area contributed by atoms with Gasteiger partial charge in [-0.1, -0.05) is 161 Å². The van der Waals surface area contributed by atoms with Crippen molar-refractivity contribution in [2.75, 3.05) is 4.90 Å². The third-order valence-electron chi connectivity index (χ3n) is 12.5. The number of hydrogen-bond acceptors (Lipinski definition) is 2. The summed E-state index contributed by atoms with van der Waals surface area (Å²) < 4.78 is 6.99. The largest absolute Gasteiger partial charge is 0.455 e. The monoisotopic (exact) mass is 693 g/mol. The number of anilines is 3. The molecule has 0 spiro atoms. The maximum atomic E-state index is 6.99. The molecule has 0 saturated carbocycles. The molecule has 0 unspecified atom stereocenters.